The van der Waals surface area contributed by atoms with Gasteiger partial charge in [0, 0.05) is 32.9 Å². The normalized spacial score (nSPS) is 23.8. The molecule has 0 aromatic heterocycles. The van der Waals surface area contributed by atoms with E-state index < -0.39 is 24.4 Å². The highest BCUT2D eigenvalue weighted by Gasteiger charge is 2.30. The number of carbonyl (C=O) groups is 2. The van der Waals surface area contributed by atoms with Crippen molar-refractivity contribution in [2.45, 2.75) is 128 Å². The van der Waals surface area contributed by atoms with Gasteiger partial charge in [-0.1, -0.05) is 84.2 Å². The Kier molecular flexibility index (Phi) is 17.3. The van der Waals surface area contributed by atoms with Crippen LogP contribution in [0.2, 0.25) is 0 Å². The Morgan fingerprint density at radius 3 is 1.24 bits per heavy atom. The lowest BCUT2D eigenvalue weighted by Crippen LogP contribution is -2.22. The first-order chi connectivity index (χ1) is 23.9. The minimum atomic E-state index is -0.932. The quantitative estimate of drug-likeness (QED) is 0.101. The van der Waals surface area contributed by atoms with Crippen molar-refractivity contribution in [1.29, 1.82) is 0 Å². The molecule has 0 saturated carbocycles. The number of phenols is 4. The second-order valence-electron chi connectivity index (χ2n) is 13.9. The summed E-state index contributed by atoms with van der Waals surface area (Å²) in [5, 5.41) is 47.0. The maximum absolute atomic E-state index is 12.0. The van der Waals surface area contributed by atoms with Gasteiger partial charge in [0.15, 0.2) is 0 Å². The second-order valence-corrected chi connectivity index (χ2v) is 15.5. The van der Waals surface area contributed by atoms with Crippen LogP contribution in [0, 0.1) is 11.8 Å². The first-order valence-corrected chi connectivity index (χ1v) is 20.3. The summed E-state index contributed by atoms with van der Waals surface area (Å²) in [6.07, 6.45) is 7.55. The number of primary amides is 2. The van der Waals surface area contributed by atoms with Gasteiger partial charge in [-0.3, -0.25) is 0 Å². The maximum Gasteiger partial charge on any atom is 0.405 e. The first kappa shape index (κ1) is 41.6. The number of amides is 2. The highest BCUT2D eigenvalue weighted by molar-refractivity contribution is 9.09. The molecular formula is C38H56Br2N2O8. The third-order valence-corrected chi connectivity index (χ3v) is 11.2. The minimum Gasteiger partial charge on any atom is -0.508 e. The number of nitrogens with two attached hydrogens (primary N) is 2. The molecule has 0 spiro atoms. The van der Waals surface area contributed by atoms with E-state index in [1.54, 1.807) is 24.3 Å². The van der Waals surface area contributed by atoms with Crippen molar-refractivity contribution in [1.82, 2.24) is 0 Å². The zero-order chi connectivity index (χ0) is 36.8. The summed E-state index contributed by atoms with van der Waals surface area (Å²) in [4.78, 5) is 24.0. The number of carbonyl (C=O) groups excluding carboxylic acids is 2. The second kappa shape index (κ2) is 20.9. The molecule has 6 unspecified atom stereocenters. The topological polar surface area (TPSA) is 186 Å². The van der Waals surface area contributed by atoms with Crippen LogP contribution in [0.3, 0.4) is 0 Å². The van der Waals surface area contributed by atoms with Crippen LogP contribution in [-0.4, -0.2) is 43.3 Å². The molecule has 4 aliphatic carbocycles. The third-order valence-electron chi connectivity index (χ3n) is 10.1. The van der Waals surface area contributed by atoms with E-state index in [1.807, 2.05) is 13.8 Å². The van der Waals surface area contributed by atoms with Crippen LogP contribution in [0.15, 0.2) is 24.3 Å². The molecule has 50 heavy (non-hydrogen) atoms. The van der Waals surface area contributed by atoms with E-state index in [1.165, 1.54) is 0 Å². The molecule has 0 radical (unpaired) electrons. The number of alkyl halides is 2. The molecule has 6 atom stereocenters. The van der Waals surface area contributed by atoms with E-state index >= 15 is 0 Å². The molecule has 6 rings (SSSR count). The number of aromatic hydroxyl groups is 4. The molecule has 4 aliphatic rings. The number of halogens is 2. The van der Waals surface area contributed by atoms with Gasteiger partial charge in [-0.15, -0.1) is 0 Å². The predicted molar refractivity (Wildman–Crippen MR) is 202 cm³/mol. The van der Waals surface area contributed by atoms with Crippen LogP contribution in [0.25, 0.3) is 0 Å². The standard InChI is InChI=1S/C38H56Br2N2O8/c1-23-11-3-5-13-25(15-7-9-17-39)34-31(45)21-28(22-32(34)46)36(50-38(42)48)24(2)12-4-6-14-26(16-8-10-18-40)33-29(43)19-27(20-30(33)44)35(23)49-37(41)47/h19-26,35-36,43-46H,3-18H2,1-2H3,(H2,41,47)(H2,42,48). The molecule has 2 aromatic carbocycles. The van der Waals surface area contributed by atoms with Crippen molar-refractivity contribution in [3.63, 3.8) is 0 Å². The molecule has 0 saturated heterocycles. The average Bonchev–Trinajstić information content (AvgIpc) is 3.04. The molecule has 2 amide bonds. The van der Waals surface area contributed by atoms with Crippen LogP contribution in [0.4, 0.5) is 9.59 Å². The Balaban J connectivity index is 2.04. The maximum atomic E-state index is 12.0. The van der Waals surface area contributed by atoms with Gasteiger partial charge in [0.1, 0.15) is 35.2 Å². The molecule has 10 nitrogen and oxygen atoms in total. The van der Waals surface area contributed by atoms with Gasteiger partial charge in [0.2, 0.25) is 0 Å². The molecule has 0 fully saturated rings. The van der Waals surface area contributed by atoms with Crippen LogP contribution in [-0.2, 0) is 9.47 Å². The molecule has 2 aromatic rings. The molecule has 0 heterocycles. The molecule has 280 valence electrons. The van der Waals surface area contributed by atoms with Gasteiger partial charge in [0.25, 0.3) is 0 Å². The van der Waals surface area contributed by atoms with E-state index in [4.69, 9.17) is 20.9 Å². The third kappa shape index (κ3) is 12.1. The Labute approximate surface area is 313 Å². The van der Waals surface area contributed by atoms with E-state index in [0.717, 1.165) is 74.9 Å². The zero-order valence-electron chi connectivity index (χ0n) is 29.4. The number of unbranched alkanes of at least 4 members (excludes halogenated alkanes) is 2. The van der Waals surface area contributed by atoms with Crippen LogP contribution in [0.5, 0.6) is 23.0 Å². The van der Waals surface area contributed by atoms with E-state index in [-0.39, 0.29) is 46.7 Å². The van der Waals surface area contributed by atoms with Gasteiger partial charge in [-0.05, 0) is 99.3 Å². The predicted octanol–water partition coefficient (Wildman–Crippen LogP) is 10.2. The summed E-state index contributed by atoms with van der Waals surface area (Å²) < 4.78 is 11.1. The highest BCUT2D eigenvalue weighted by atomic mass is 79.9. The van der Waals surface area contributed by atoms with Crippen molar-refractivity contribution >= 4 is 44.0 Å². The Bertz CT molecular complexity index is 1240. The summed E-state index contributed by atoms with van der Waals surface area (Å²) >= 11 is 6.99. The van der Waals surface area contributed by atoms with Gasteiger partial charge < -0.3 is 41.4 Å². The Morgan fingerprint density at radius 2 is 0.940 bits per heavy atom. The smallest absolute Gasteiger partial charge is 0.405 e. The molecule has 4 bridgehead atoms. The minimum absolute atomic E-state index is 0.0338. The number of hydrogen-bond acceptors (Lipinski definition) is 8. The summed E-state index contributed by atoms with van der Waals surface area (Å²) in [5.41, 5.74) is 12.9. The van der Waals surface area contributed by atoms with Gasteiger partial charge in [0.05, 0.1) is 0 Å². The van der Waals surface area contributed by atoms with Crippen molar-refractivity contribution in [2.24, 2.45) is 23.3 Å². The van der Waals surface area contributed by atoms with Crippen LogP contribution >= 0.6 is 31.9 Å². The summed E-state index contributed by atoms with van der Waals surface area (Å²) in [5.74, 6) is -0.741. The summed E-state index contributed by atoms with van der Waals surface area (Å²) in [6, 6.07) is 6.35. The number of ether oxygens (including phenoxy) is 2. The van der Waals surface area contributed by atoms with Gasteiger partial charge >= 0.3 is 12.2 Å². The summed E-state index contributed by atoms with van der Waals surface area (Å²) in [7, 11) is 0. The van der Waals surface area contributed by atoms with Crippen LogP contribution < -0.4 is 11.5 Å². The first-order valence-electron chi connectivity index (χ1n) is 18.0. The lowest BCUT2D eigenvalue weighted by Gasteiger charge is -2.28. The molecular weight excluding hydrogens is 772 g/mol. The average molecular weight is 829 g/mol. The van der Waals surface area contributed by atoms with Crippen molar-refractivity contribution in [2.75, 3.05) is 10.7 Å². The van der Waals surface area contributed by atoms with Crippen molar-refractivity contribution in [3.8, 4) is 23.0 Å². The summed E-state index contributed by atoms with van der Waals surface area (Å²) in [6.45, 7) is 3.90. The fraction of sp³-hybridized carbons (Fsp3) is 0.632. The lowest BCUT2D eigenvalue weighted by molar-refractivity contribution is 0.0683. The van der Waals surface area contributed by atoms with Gasteiger partial charge in [-0.25, -0.2) is 9.59 Å². The molecule has 12 heteroatoms. The molecule has 0 aliphatic heterocycles. The number of phenolic OH excluding ortho intramolecular Hbond substituents is 4. The van der Waals surface area contributed by atoms with E-state index in [0.29, 0.717) is 47.9 Å². The number of benzene rings is 2. The molecule has 8 N–H and O–H groups in total. The Hall–Kier alpha value is -2.86. The number of rotatable bonds is 10. The van der Waals surface area contributed by atoms with Crippen LogP contribution in [0.1, 0.15) is 150 Å². The fourth-order valence-electron chi connectivity index (χ4n) is 7.58. The largest absolute Gasteiger partial charge is 0.508 e. The Morgan fingerprint density at radius 1 is 0.620 bits per heavy atom. The fourth-order valence-corrected chi connectivity index (χ4v) is 8.38. The SMILES string of the molecule is CC1CCCCC(CCCCBr)c2c(O)cc(cc2O)C(OC(N)=O)C(C)CCCCC(CCCCBr)c2c(O)cc(cc2O)C1OC(N)=O. The highest BCUT2D eigenvalue weighted by Crippen LogP contribution is 2.46. The monoisotopic (exact) mass is 826 g/mol. The number of hydrogen-bond donors (Lipinski definition) is 6. The van der Waals surface area contributed by atoms with Crippen molar-refractivity contribution < 1.29 is 39.5 Å². The lowest BCUT2D eigenvalue weighted by atomic mass is 9.83. The zero-order valence-corrected chi connectivity index (χ0v) is 32.6. The van der Waals surface area contributed by atoms with E-state index in [9.17, 15) is 30.0 Å². The van der Waals surface area contributed by atoms with Crippen molar-refractivity contribution in [3.05, 3.63) is 46.5 Å². The van der Waals surface area contributed by atoms with Gasteiger partial charge in [-0.2, -0.15) is 0 Å². The van der Waals surface area contributed by atoms with E-state index in [2.05, 4.69) is 31.9 Å².